The first-order chi connectivity index (χ1) is 8.56. The van der Waals surface area contributed by atoms with Crippen LogP contribution in [-0.4, -0.2) is 29.1 Å². The van der Waals surface area contributed by atoms with Crippen molar-refractivity contribution in [2.75, 3.05) is 13.1 Å². The molecule has 0 N–H and O–H groups in total. The fourth-order valence-electron chi connectivity index (χ4n) is 1.94. The lowest BCUT2D eigenvalue weighted by Gasteiger charge is -2.20. The normalized spacial score (nSPS) is 11.3. The molecular formula is C15H26N2O. The Morgan fingerprint density at radius 2 is 2.06 bits per heavy atom. The highest BCUT2D eigenvalue weighted by Gasteiger charge is 2.08. The molecule has 0 spiro atoms. The number of aromatic nitrogens is 1. The Labute approximate surface area is 111 Å². The molecule has 3 heteroatoms. The first-order valence-corrected chi connectivity index (χ1v) is 6.91. The summed E-state index contributed by atoms with van der Waals surface area (Å²) in [6, 6.07) is 2.13. The van der Waals surface area contributed by atoms with Gasteiger partial charge in [0.25, 0.3) is 0 Å². The highest BCUT2D eigenvalue weighted by atomic mass is 16.5. The Morgan fingerprint density at radius 1 is 1.33 bits per heavy atom. The average molecular weight is 250 g/mol. The van der Waals surface area contributed by atoms with E-state index in [-0.39, 0.29) is 6.10 Å². The third-order valence-corrected chi connectivity index (χ3v) is 2.85. The van der Waals surface area contributed by atoms with Crippen molar-refractivity contribution in [1.82, 2.24) is 9.88 Å². The smallest absolute Gasteiger partial charge is 0.141 e. The van der Waals surface area contributed by atoms with Crippen molar-refractivity contribution in [1.29, 1.82) is 0 Å². The molecule has 0 fully saturated rings. The molecule has 1 rings (SSSR count). The Balaban J connectivity index is 2.77. The predicted octanol–water partition coefficient (Wildman–Crippen LogP) is 3.41. The van der Waals surface area contributed by atoms with Gasteiger partial charge in [0, 0.05) is 12.7 Å². The molecule has 18 heavy (non-hydrogen) atoms. The molecule has 0 saturated heterocycles. The van der Waals surface area contributed by atoms with E-state index in [0.29, 0.717) is 0 Å². The van der Waals surface area contributed by atoms with Crippen molar-refractivity contribution >= 4 is 0 Å². The van der Waals surface area contributed by atoms with Gasteiger partial charge in [-0.25, -0.2) is 0 Å². The molecule has 1 heterocycles. The monoisotopic (exact) mass is 250 g/mol. The van der Waals surface area contributed by atoms with Gasteiger partial charge in [0.1, 0.15) is 5.75 Å². The van der Waals surface area contributed by atoms with Crippen LogP contribution in [0.15, 0.2) is 12.3 Å². The summed E-state index contributed by atoms with van der Waals surface area (Å²) >= 11 is 0. The number of ether oxygens (including phenoxy) is 1. The molecule has 0 aromatic carbocycles. The quantitative estimate of drug-likeness (QED) is 0.741. The number of nitrogens with zero attached hydrogens (tertiary/aromatic N) is 2. The SMILES string of the molecule is CCCN(CC)Cc1cnc(C)c(OC(C)C)c1. The van der Waals surface area contributed by atoms with Gasteiger partial charge in [-0.1, -0.05) is 13.8 Å². The minimum absolute atomic E-state index is 0.193. The van der Waals surface area contributed by atoms with Gasteiger partial charge < -0.3 is 4.74 Å². The number of aryl methyl sites for hydroxylation is 1. The van der Waals surface area contributed by atoms with Crippen molar-refractivity contribution in [3.8, 4) is 5.75 Å². The second-order valence-corrected chi connectivity index (χ2v) is 4.96. The molecule has 0 amide bonds. The summed E-state index contributed by atoms with van der Waals surface area (Å²) in [6.07, 6.45) is 3.34. The maximum atomic E-state index is 5.78. The number of rotatable bonds is 7. The fraction of sp³-hybridized carbons (Fsp3) is 0.667. The Hall–Kier alpha value is -1.09. The van der Waals surface area contributed by atoms with Gasteiger partial charge in [0.05, 0.1) is 11.8 Å². The highest BCUT2D eigenvalue weighted by Crippen LogP contribution is 2.19. The molecule has 0 unspecified atom stereocenters. The summed E-state index contributed by atoms with van der Waals surface area (Å²) < 4.78 is 5.78. The lowest BCUT2D eigenvalue weighted by Crippen LogP contribution is -2.23. The van der Waals surface area contributed by atoms with Crippen molar-refractivity contribution in [3.05, 3.63) is 23.5 Å². The van der Waals surface area contributed by atoms with E-state index in [2.05, 4.69) is 29.8 Å². The zero-order chi connectivity index (χ0) is 13.5. The van der Waals surface area contributed by atoms with Crippen LogP contribution in [0, 0.1) is 6.92 Å². The maximum Gasteiger partial charge on any atom is 0.141 e. The van der Waals surface area contributed by atoms with E-state index in [1.807, 2.05) is 27.0 Å². The Morgan fingerprint density at radius 3 is 2.61 bits per heavy atom. The van der Waals surface area contributed by atoms with Crippen molar-refractivity contribution in [2.45, 2.75) is 53.7 Å². The summed E-state index contributed by atoms with van der Waals surface area (Å²) in [5.74, 6) is 0.912. The standard InChI is InChI=1S/C15H26N2O/c1-6-8-17(7-2)11-14-9-15(18-12(3)4)13(5)16-10-14/h9-10,12H,6-8,11H2,1-5H3. The van der Waals surface area contributed by atoms with Crippen LogP contribution >= 0.6 is 0 Å². The van der Waals surface area contributed by atoms with Crippen LogP contribution in [0.25, 0.3) is 0 Å². The zero-order valence-corrected chi connectivity index (χ0v) is 12.4. The lowest BCUT2D eigenvalue weighted by atomic mass is 10.2. The molecule has 1 aromatic rings. The molecule has 0 radical (unpaired) electrons. The van der Waals surface area contributed by atoms with Crippen LogP contribution in [0.5, 0.6) is 5.75 Å². The van der Waals surface area contributed by atoms with Crippen LogP contribution < -0.4 is 4.74 Å². The van der Waals surface area contributed by atoms with E-state index < -0.39 is 0 Å². The van der Waals surface area contributed by atoms with Crippen molar-refractivity contribution < 1.29 is 4.74 Å². The van der Waals surface area contributed by atoms with E-state index in [9.17, 15) is 0 Å². The average Bonchev–Trinajstić information content (AvgIpc) is 2.32. The number of hydrogen-bond donors (Lipinski definition) is 0. The molecular weight excluding hydrogens is 224 g/mol. The molecule has 102 valence electrons. The van der Waals surface area contributed by atoms with Crippen molar-refractivity contribution in [3.63, 3.8) is 0 Å². The van der Waals surface area contributed by atoms with Gasteiger partial charge in [-0.05, 0) is 51.9 Å². The summed E-state index contributed by atoms with van der Waals surface area (Å²) in [5, 5.41) is 0. The highest BCUT2D eigenvalue weighted by molar-refractivity contribution is 5.30. The van der Waals surface area contributed by atoms with Gasteiger partial charge in [0.15, 0.2) is 0 Å². The molecule has 0 aliphatic carbocycles. The van der Waals surface area contributed by atoms with E-state index in [1.54, 1.807) is 0 Å². The van der Waals surface area contributed by atoms with Crippen LogP contribution in [0.2, 0.25) is 0 Å². The van der Waals surface area contributed by atoms with E-state index >= 15 is 0 Å². The van der Waals surface area contributed by atoms with Crippen LogP contribution in [-0.2, 0) is 6.54 Å². The Kier molecular flexibility index (Phi) is 6.13. The molecule has 0 atom stereocenters. The second-order valence-electron chi connectivity index (χ2n) is 4.96. The maximum absolute atomic E-state index is 5.78. The van der Waals surface area contributed by atoms with Gasteiger partial charge >= 0.3 is 0 Å². The third-order valence-electron chi connectivity index (χ3n) is 2.85. The number of hydrogen-bond acceptors (Lipinski definition) is 3. The predicted molar refractivity (Wildman–Crippen MR) is 76.0 cm³/mol. The first-order valence-electron chi connectivity index (χ1n) is 6.91. The van der Waals surface area contributed by atoms with Gasteiger partial charge in [-0.3, -0.25) is 9.88 Å². The summed E-state index contributed by atoms with van der Waals surface area (Å²) in [7, 11) is 0. The third kappa shape index (κ3) is 4.65. The zero-order valence-electron chi connectivity index (χ0n) is 12.4. The van der Waals surface area contributed by atoms with E-state index in [0.717, 1.165) is 31.1 Å². The molecule has 1 aromatic heterocycles. The number of pyridine rings is 1. The molecule has 3 nitrogen and oxygen atoms in total. The topological polar surface area (TPSA) is 25.4 Å². The van der Waals surface area contributed by atoms with Gasteiger partial charge in [-0.15, -0.1) is 0 Å². The summed E-state index contributed by atoms with van der Waals surface area (Å²) in [6.45, 7) is 13.6. The lowest BCUT2D eigenvalue weighted by molar-refractivity contribution is 0.238. The van der Waals surface area contributed by atoms with Crippen molar-refractivity contribution in [2.24, 2.45) is 0 Å². The van der Waals surface area contributed by atoms with Crippen LogP contribution in [0.3, 0.4) is 0 Å². The molecule has 0 saturated carbocycles. The first kappa shape index (κ1) is 15.0. The van der Waals surface area contributed by atoms with E-state index in [1.165, 1.54) is 12.0 Å². The largest absolute Gasteiger partial charge is 0.489 e. The van der Waals surface area contributed by atoms with Crippen LogP contribution in [0.4, 0.5) is 0 Å². The summed E-state index contributed by atoms with van der Waals surface area (Å²) in [4.78, 5) is 6.85. The van der Waals surface area contributed by atoms with Crippen LogP contribution in [0.1, 0.15) is 45.4 Å². The minimum atomic E-state index is 0.193. The van der Waals surface area contributed by atoms with Gasteiger partial charge in [-0.2, -0.15) is 0 Å². The fourth-order valence-corrected chi connectivity index (χ4v) is 1.94. The van der Waals surface area contributed by atoms with E-state index in [4.69, 9.17) is 4.74 Å². The molecule has 0 aliphatic heterocycles. The second kappa shape index (κ2) is 7.37. The molecule has 0 bridgehead atoms. The van der Waals surface area contributed by atoms with Gasteiger partial charge in [0.2, 0.25) is 0 Å². The summed E-state index contributed by atoms with van der Waals surface area (Å²) in [5.41, 5.74) is 2.19. The molecule has 0 aliphatic rings. The minimum Gasteiger partial charge on any atom is -0.489 e. The Bertz CT molecular complexity index is 364.